The van der Waals surface area contributed by atoms with E-state index in [1.807, 2.05) is 12.1 Å². The highest BCUT2D eigenvalue weighted by Crippen LogP contribution is 2.34. The number of rotatable bonds is 6. The first-order valence-electron chi connectivity index (χ1n) is 5.64. The average molecular weight is 365 g/mol. The highest BCUT2D eigenvalue weighted by molar-refractivity contribution is 14.1. The van der Waals surface area contributed by atoms with Gasteiger partial charge in [0.15, 0.2) is 0 Å². The average Bonchev–Trinajstić information content (AvgIpc) is 2.34. The van der Waals surface area contributed by atoms with Gasteiger partial charge in [0.1, 0.15) is 17.2 Å². The molecule has 1 aromatic rings. The van der Waals surface area contributed by atoms with Crippen molar-refractivity contribution in [1.82, 2.24) is 5.32 Å². The van der Waals surface area contributed by atoms with Gasteiger partial charge in [0, 0.05) is 18.7 Å². The van der Waals surface area contributed by atoms with Crippen LogP contribution in [0.3, 0.4) is 0 Å². The molecule has 0 aliphatic carbocycles. The second-order valence-corrected chi connectivity index (χ2v) is 7.03. The number of hydrogen-bond acceptors (Lipinski definition) is 4. The molecule has 18 heavy (non-hydrogen) atoms. The van der Waals surface area contributed by atoms with E-state index < -0.39 is 0 Å². The SMILES string of the molecule is COc1cc(OC)c(CNC(C)(C)I)c(OC)c1. The number of methoxy groups -OCH3 is 3. The molecule has 0 heterocycles. The van der Waals surface area contributed by atoms with Crippen molar-refractivity contribution in [1.29, 1.82) is 0 Å². The number of nitrogens with one attached hydrogen (secondary N) is 1. The molecule has 0 saturated carbocycles. The fourth-order valence-electron chi connectivity index (χ4n) is 1.55. The molecule has 102 valence electrons. The second kappa shape index (κ2) is 6.47. The normalized spacial score (nSPS) is 11.2. The third-order valence-corrected chi connectivity index (χ3v) is 2.88. The first kappa shape index (κ1) is 15.4. The van der Waals surface area contributed by atoms with Crippen molar-refractivity contribution < 1.29 is 14.2 Å². The van der Waals surface area contributed by atoms with Crippen molar-refractivity contribution >= 4 is 22.6 Å². The summed E-state index contributed by atoms with van der Waals surface area (Å²) >= 11 is 2.35. The van der Waals surface area contributed by atoms with Crippen molar-refractivity contribution in [2.45, 2.75) is 23.9 Å². The Hall–Kier alpha value is -0.690. The standard InChI is InChI=1S/C13H20INO3/c1-13(2,14)15-8-10-11(17-4)6-9(16-3)7-12(10)18-5/h6-7,15H,8H2,1-5H3. The molecule has 1 rings (SSSR count). The van der Waals surface area contributed by atoms with Gasteiger partial charge in [-0.3, -0.25) is 5.32 Å². The Morgan fingerprint density at radius 2 is 1.56 bits per heavy atom. The Labute approximate surface area is 122 Å². The molecule has 0 amide bonds. The van der Waals surface area contributed by atoms with E-state index in [4.69, 9.17) is 14.2 Å². The van der Waals surface area contributed by atoms with E-state index in [1.54, 1.807) is 21.3 Å². The van der Waals surface area contributed by atoms with E-state index in [-0.39, 0.29) is 3.55 Å². The predicted octanol–water partition coefficient (Wildman–Crippen LogP) is 2.97. The summed E-state index contributed by atoms with van der Waals surface area (Å²) in [5.41, 5.74) is 0.991. The summed E-state index contributed by atoms with van der Waals surface area (Å²) in [6, 6.07) is 3.72. The van der Waals surface area contributed by atoms with Gasteiger partial charge >= 0.3 is 0 Å². The highest BCUT2D eigenvalue weighted by Gasteiger charge is 2.17. The van der Waals surface area contributed by atoms with E-state index in [2.05, 4.69) is 41.8 Å². The van der Waals surface area contributed by atoms with Crippen molar-refractivity contribution in [3.05, 3.63) is 17.7 Å². The number of hydrogen-bond donors (Lipinski definition) is 1. The lowest BCUT2D eigenvalue weighted by atomic mass is 10.1. The molecule has 0 aromatic heterocycles. The summed E-state index contributed by atoms with van der Waals surface area (Å²) in [5, 5.41) is 3.41. The van der Waals surface area contributed by atoms with Gasteiger partial charge in [-0.15, -0.1) is 0 Å². The van der Waals surface area contributed by atoms with Crippen LogP contribution in [0, 0.1) is 0 Å². The molecular formula is C13H20INO3. The Morgan fingerprint density at radius 1 is 1.06 bits per heavy atom. The van der Waals surface area contributed by atoms with Gasteiger partial charge in [-0.1, -0.05) is 22.6 Å². The Morgan fingerprint density at radius 3 is 1.89 bits per heavy atom. The summed E-state index contributed by atoms with van der Waals surface area (Å²) in [7, 11) is 4.92. The quantitative estimate of drug-likeness (QED) is 0.478. The third kappa shape index (κ3) is 4.20. The summed E-state index contributed by atoms with van der Waals surface area (Å²) in [4.78, 5) is 0. The molecule has 0 radical (unpaired) electrons. The minimum atomic E-state index is 0.00765. The molecule has 0 bridgehead atoms. The molecule has 1 aromatic carbocycles. The Balaban J connectivity index is 3.07. The van der Waals surface area contributed by atoms with Gasteiger partial charge in [0.25, 0.3) is 0 Å². The van der Waals surface area contributed by atoms with Crippen LogP contribution in [0.25, 0.3) is 0 Å². The molecule has 0 spiro atoms. The van der Waals surface area contributed by atoms with Crippen LogP contribution in [0.4, 0.5) is 0 Å². The fourth-order valence-corrected chi connectivity index (χ4v) is 1.74. The molecular weight excluding hydrogens is 345 g/mol. The maximum Gasteiger partial charge on any atom is 0.130 e. The van der Waals surface area contributed by atoms with E-state index >= 15 is 0 Å². The lowest BCUT2D eigenvalue weighted by Gasteiger charge is -2.21. The van der Waals surface area contributed by atoms with Crippen molar-refractivity contribution in [2.24, 2.45) is 0 Å². The van der Waals surface area contributed by atoms with Crippen LogP contribution in [-0.2, 0) is 6.54 Å². The zero-order valence-electron chi connectivity index (χ0n) is 11.5. The van der Waals surface area contributed by atoms with E-state index in [1.165, 1.54) is 0 Å². The van der Waals surface area contributed by atoms with Crippen LogP contribution in [0.2, 0.25) is 0 Å². The van der Waals surface area contributed by atoms with Gasteiger partial charge in [0.05, 0.1) is 30.4 Å². The minimum Gasteiger partial charge on any atom is -0.496 e. The molecule has 4 nitrogen and oxygen atoms in total. The lowest BCUT2D eigenvalue weighted by Crippen LogP contribution is -2.32. The molecule has 0 saturated heterocycles. The zero-order chi connectivity index (χ0) is 13.8. The van der Waals surface area contributed by atoms with Crippen LogP contribution in [0.15, 0.2) is 12.1 Å². The van der Waals surface area contributed by atoms with Gasteiger partial charge in [-0.25, -0.2) is 0 Å². The van der Waals surface area contributed by atoms with Crippen LogP contribution >= 0.6 is 22.6 Å². The molecule has 0 aliphatic rings. The number of halogens is 1. The Kier molecular flexibility index (Phi) is 5.52. The van der Waals surface area contributed by atoms with Gasteiger partial charge in [-0.2, -0.15) is 0 Å². The summed E-state index contributed by atoms with van der Waals surface area (Å²) in [6.07, 6.45) is 0. The van der Waals surface area contributed by atoms with Crippen molar-refractivity contribution in [3.8, 4) is 17.2 Å². The third-order valence-electron chi connectivity index (χ3n) is 2.50. The monoisotopic (exact) mass is 365 g/mol. The zero-order valence-corrected chi connectivity index (χ0v) is 13.6. The van der Waals surface area contributed by atoms with Crippen molar-refractivity contribution in [3.63, 3.8) is 0 Å². The predicted molar refractivity (Wildman–Crippen MR) is 81.0 cm³/mol. The first-order valence-corrected chi connectivity index (χ1v) is 6.72. The van der Waals surface area contributed by atoms with E-state index in [0.29, 0.717) is 6.54 Å². The van der Waals surface area contributed by atoms with Crippen LogP contribution in [0.1, 0.15) is 19.4 Å². The number of benzene rings is 1. The molecule has 0 atom stereocenters. The molecule has 1 N–H and O–H groups in total. The molecule has 5 heteroatoms. The summed E-state index contributed by atoms with van der Waals surface area (Å²) in [5.74, 6) is 2.25. The number of alkyl halides is 1. The lowest BCUT2D eigenvalue weighted by molar-refractivity contribution is 0.365. The second-order valence-electron chi connectivity index (χ2n) is 4.34. The smallest absolute Gasteiger partial charge is 0.130 e. The van der Waals surface area contributed by atoms with E-state index in [9.17, 15) is 0 Å². The number of ether oxygens (including phenoxy) is 3. The maximum absolute atomic E-state index is 5.39. The highest BCUT2D eigenvalue weighted by atomic mass is 127. The maximum atomic E-state index is 5.39. The van der Waals surface area contributed by atoms with Crippen LogP contribution in [-0.4, -0.2) is 24.9 Å². The van der Waals surface area contributed by atoms with Gasteiger partial charge < -0.3 is 14.2 Å². The fraction of sp³-hybridized carbons (Fsp3) is 0.538. The van der Waals surface area contributed by atoms with Crippen LogP contribution < -0.4 is 19.5 Å². The largest absolute Gasteiger partial charge is 0.496 e. The summed E-state index contributed by atoms with van der Waals surface area (Å²) in [6.45, 7) is 4.89. The van der Waals surface area contributed by atoms with Crippen molar-refractivity contribution in [2.75, 3.05) is 21.3 Å². The molecule has 0 aliphatic heterocycles. The molecule has 0 unspecified atom stereocenters. The van der Waals surface area contributed by atoms with E-state index in [0.717, 1.165) is 22.8 Å². The van der Waals surface area contributed by atoms with Gasteiger partial charge in [0.2, 0.25) is 0 Å². The summed E-state index contributed by atoms with van der Waals surface area (Å²) < 4.78 is 16.0. The minimum absolute atomic E-state index is 0.00765. The first-order chi connectivity index (χ1) is 8.41. The topological polar surface area (TPSA) is 39.7 Å². The Bertz CT molecular complexity index is 377. The molecule has 0 fully saturated rings. The van der Waals surface area contributed by atoms with Crippen LogP contribution in [0.5, 0.6) is 17.2 Å². The van der Waals surface area contributed by atoms with Gasteiger partial charge in [-0.05, 0) is 13.8 Å².